The van der Waals surface area contributed by atoms with Crippen LogP contribution in [0.3, 0.4) is 0 Å². The molecule has 12 rings (SSSR count). The average molecular weight is 797 g/mol. The van der Waals surface area contributed by atoms with Crippen LogP contribution in [0.25, 0.3) is 49.7 Å². The fraction of sp³-hybridized carbons (Fsp3) is 0.0690. The SMILES string of the molecule is c1ccc(-c2ccc3c4ccc5c(c4n(-c4cccc(C6NC(c7ccccc7)NC(c7ccccc7)N6)c4)c3c2)C(c2ccccc2)(c2ccccc2)c2ccccc2-5)cc1. The van der Waals surface area contributed by atoms with E-state index in [1.54, 1.807) is 0 Å². The molecule has 0 bridgehead atoms. The molecule has 1 aliphatic heterocycles. The zero-order valence-electron chi connectivity index (χ0n) is 34.1. The predicted octanol–water partition coefficient (Wildman–Crippen LogP) is 13.0. The van der Waals surface area contributed by atoms with Crippen molar-refractivity contribution in [3.05, 3.63) is 269 Å². The molecule has 0 spiro atoms. The Labute approximate surface area is 362 Å². The Morgan fingerprint density at radius 2 is 0.887 bits per heavy atom. The fourth-order valence-corrected chi connectivity index (χ4v) is 10.5. The maximum atomic E-state index is 3.94. The van der Waals surface area contributed by atoms with Crippen molar-refractivity contribution in [2.24, 2.45) is 0 Å². The van der Waals surface area contributed by atoms with E-state index in [2.05, 4.69) is 251 Å². The molecular weight excluding hydrogens is 753 g/mol. The van der Waals surface area contributed by atoms with Gasteiger partial charge in [-0.15, -0.1) is 0 Å². The van der Waals surface area contributed by atoms with Gasteiger partial charge in [-0.2, -0.15) is 0 Å². The van der Waals surface area contributed by atoms with Gasteiger partial charge in [0, 0.05) is 22.0 Å². The normalized spacial score (nSPS) is 17.8. The van der Waals surface area contributed by atoms with E-state index < -0.39 is 5.41 Å². The van der Waals surface area contributed by atoms with Crippen LogP contribution in [0.2, 0.25) is 0 Å². The van der Waals surface area contributed by atoms with E-state index >= 15 is 0 Å². The van der Waals surface area contributed by atoms with Gasteiger partial charge < -0.3 is 4.57 Å². The van der Waals surface area contributed by atoms with Crippen molar-refractivity contribution in [1.82, 2.24) is 20.5 Å². The first-order chi connectivity index (χ1) is 30.8. The Balaban J connectivity index is 1.14. The van der Waals surface area contributed by atoms with Crippen LogP contribution in [-0.4, -0.2) is 4.57 Å². The van der Waals surface area contributed by atoms with Crippen molar-refractivity contribution in [3.8, 4) is 27.9 Å². The molecule has 4 nitrogen and oxygen atoms in total. The molecule has 1 fully saturated rings. The highest BCUT2D eigenvalue weighted by atomic mass is 15.4. The number of fused-ring (bicyclic) bond motifs is 7. The minimum absolute atomic E-state index is 0.0721. The number of nitrogens with one attached hydrogen (secondary N) is 3. The van der Waals surface area contributed by atoms with E-state index in [9.17, 15) is 0 Å². The van der Waals surface area contributed by atoms with E-state index in [0.29, 0.717) is 0 Å². The highest BCUT2D eigenvalue weighted by molar-refractivity contribution is 6.14. The number of hydrogen-bond acceptors (Lipinski definition) is 3. The van der Waals surface area contributed by atoms with Gasteiger partial charge in [0.25, 0.3) is 0 Å². The van der Waals surface area contributed by atoms with Gasteiger partial charge >= 0.3 is 0 Å². The molecule has 0 saturated carbocycles. The Kier molecular flexibility index (Phi) is 8.82. The van der Waals surface area contributed by atoms with E-state index in [1.165, 1.54) is 77.4 Å². The van der Waals surface area contributed by atoms with Gasteiger partial charge in [-0.1, -0.05) is 212 Å². The summed E-state index contributed by atoms with van der Waals surface area (Å²) < 4.78 is 2.57. The quantitative estimate of drug-likeness (QED) is 0.150. The molecular formula is C58H44N4. The van der Waals surface area contributed by atoms with Crippen LogP contribution in [0, 0.1) is 0 Å². The van der Waals surface area contributed by atoms with Gasteiger partial charge in [-0.25, -0.2) is 0 Å². The van der Waals surface area contributed by atoms with Crippen LogP contribution in [-0.2, 0) is 5.41 Å². The van der Waals surface area contributed by atoms with Crippen LogP contribution in [0.1, 0.15) is 57.4 Å². The Bertz CT molecular complexity index is 3130. The van der Waals surface area contributed by atoms with E-state index in [0.717, 1.165) is 11.3 Å². The standard InChI is InChI=1S/C58H44N4/c1-6-19-39(20-7-1)42-33-34-48-50-36-35-49-47-31-16-17-32-51(47)58(44-26-12-4-13-27-44,45-28-14-5-15-29-45)53(49)54(50)62(52(48)38-42)46-30-18-25-43(37-46)57-60-55(40-21-8-2-9-22-40)59-56(61-57)41-23-10-3-11-24-41/h1-38,55-57,59-61H. The van der Waals surface area contributed by atoms with E-state index in [-0.39, 0.29) is 18.5 Å². The number of hydrogen-bond donors (Lipinski definition) is 3. The lowest BCUT2D eigenvalue weighted by atomic mass is 9.67. The molecule has 2 unspecified atom stereocenters. The Hall–Kier alpha value is -7.34. The van der Waals surface area contributed by atoms with Crippen molar-refractivity contribution in [2.75, 3.05) is 0 Å². The summed E-state index contributed by atoms with van der Waals surface area (Å²) >= 11 is 0. The second kappa shape index (κ2) is 15.0. The summed E-state index contributed by atoms with van der Waals surface area (Å²) in [6.07, 6.45) is -0.295. The lowest BCUT2D eigenvalue weighted by Crippen LogP contribution is -2.54. The molecule has 62 heavy (non-hydrogen) atoms. The molecule has 0 amide bonds. The predicted molar refractivity (Wildman–Crippen MR) is 254 cm³/mol. The van der Waals surface area contributed by atoms with Gasteiger partial charge in [0.15, 0.2) is 0 Å². The Morgan fingerprint density at radius 3 is 1.52 bits per heavy atom. The molecule has 9 aromatic carbocycles. The summed E-state index contributed by atoms with van der Waals surface area (Å²) in [6.45, 7) is 0. The van der Waals surface area contributed by atoms with Gasteiger partial charge in [0.1, 0.15) is 0 Å². The van der Waals surface area contributed by atoms with Crippen molar-refractivity contribution in [2.45, 2.75) is 23.9 Å². The topological polar surface area (TPSA) is 41.0 Å². The van der Waals surface area contributed by atoms with Gasteiger partial charge in [0.2, 0.25) is 0 Å². The number of nitrogens with zero attached hydrogens (tertiary/aromatic N) is 1. The van der Waals surface area contributed by atoms with E-state index in [4.69, 9.17) is 0 Å². The maximum Gasteiger partial charge on any atom is 0.0865 e. The van der Waals surface area contributed by atoms with Crippen LogP contribution in [0.4, 0.5) is 0 Å². The zero-order valence-corrected chi connectivity index (χ0v) is 34.1. The van der Waals surface area contributed by atoms with Crippen molar-refractivity contribution >= 4 is 21.8 Å². The minimum Gasteiger partial charge on any atom is -0.309 e. The summed E-state index contributed by atoms with van der Waals surface area (Å²) in [5.74, 6) is 0. The van der Waals surface area contributed by atoms with Crippen molar-refractivity contribution in [3.63, 3.8) is 0 Å². The molecule has 0 radical (unpaired) electrons. The van der Waals surface area contributed by atoms with Crippen LogP contribution in [0.5, 0.6) is 0 Å². The van der Waals surface area contributed by atoms with Crippen molar-refractivity contribution < 1.29 is 0 Å². The fourth-order valence-electron chi connectivity index (χ4n) is 10.5. The summed E-state index contributed by atoms with van der Waals surface area (Å²) in [4.78, 5) is 0. The van der Waals surface area contributed by atoms with Crippen LogP contribution in [0.15, 0.2) is 231 Å². The molecule has 2 heterocycles. The summed E-state index contributed by atoms with van der Waals surface area (Å²) in [5.41, 5.74) is 16.5. The lowest BCUT2D eigenvalue weighted by molar-refractivity contribution is 0.203. The average Bonchev–Trinajstić information content (AvgIpc) is 3.86. The summed E-state index contributed by atoms with van der Waals surface area (Å²) in [6, 6.07) is 84.4. The second-order valence-electron chi connectivity index (χ2n) is 16.6. The Morgan fingerprint density at radius 1 is 0.371 bits per heavy atom. The zero-order chi connectivity index (χ0) is 41.0. The lowest BCUT2D eigenvalue weighted by Gasteiger charge is -2.39. The molecule has 2 atom stereocenters. The summed E-state index contributed by atoms with van der Waals surface area (Å²) in [5, 5.41) is 14.2. The van der Waals surface area contributed by atoms with Crippen LogP contribution < -0.4 is 16.0 Å². The monoisotopic (exact) mass is 796 g/mol. The molecule has 4 heteroatoms. The maximum absolute atomic E-state index is 3.94. The molecule has 10 aromatic rings. The molecule has 296 valence electrons. The van der Waals surface area contributed by atoms with Gasteiger partial charge in [-0.3, -0.25) is 16.0 Å². The highest BCUT2D eigenvalue weighted by Gasteiger charge is 2.48. The molecule has 1 aliphatic carbocycles. The first-order valence-electron chi connectivity index (χ1n) is 21.6. The molecule has 3 N–H and O–H groups in total. The van der Waals surface area contributed by atoms with Crippen LogP contribution >= 0.6 is 0 Å². The summed E-state index contributed by atoms with van der Waals surface area (Å²) in [7, 11) is 0. The largest absolute Gasteiger partial charge is 0.309 e. The van der Waals surface area contributed by atoms with Crippen molar-refractivity contribution in [1.29, 1.82) is 0 Å². The first-order valence-corrected chi connectivity index (χ1v) is 21.6. The molecule has 1 saturated heterocycles. The smallest absolute Gasteiger partial charge is 0.0865 e. The minimum atomic E-state index is -0.579. The number of aromatic nitrogens is 1. The second-order valence-corrected chi connectivity index (χ2v) is 16.6. The third kappa shape index (κ3) is 5.80. The third-order valence-electron chi connectivity index (χ3n) is 13.2. The first kappa shape index (κ1) is 36.5. The van der Waals surface area contributed by atoms with Gasteiger partial charge in [0.05, 0.1) is 34.9 Å². The molecule has 2 aliphatic rings. The van der Waals surface area contributed by atoms with Gasteiger partial charge in [-0.05, 0) is 73.8 Å². The highest BCUT2D eigenvalue weighted by Crippen LogP contribution is 2.59. The van der Waals surface area contributed by atoms with E-state index in [1.807, 2.05) is 0 Å². The number of benzene rings is 9. The molecule has 1 aromatic heterocycles. The number of rotatable bonds is 7. The third-order valence-corrected chi connectivity index (χ3v) is 13.2.